The molecule has 0 heterocycles. The van der Waals surface area contributed by atoms with Crippen LogP contribution in [0.3, 0.4) is 0 Å². The van der Waals surface area contributed by atoms with Crippen LogP contribution in [0.5, 0.6) is 0 Å². The Morgan fingerprint density at radius 2 is 2.00 bits per heavy atom. The van der Waals surface area contributed by atoms with E-state index < -0.39 is 0 Å². The van der Waals surface area contributed by atoms with Gasteiger partial charge in [-0.2, -0.15) is 0 Å². The van der Waals surface area contributed by atoms with Crippen LogP contribution < -0.4 is 5.73 Å². The lowest BCUT2D eigenvalue weighted by Gasteiger charge is -2.22. The van der Waals surface area contributed by atoms with E-state index in [0.29, 0.717) is 6.42 Å². The summed E-state index contributed by atoms with van der Waals surface area (Å²) in [5, 5.41) is 8.55. The van der Waals surface area contributed by atoms with Gasteiger partial charge < -0.3 is 10.8 Å². The van der Waals surface area contributed by atoms with E-state index in [-0.39, 0.29) is 12.1 Å². The van der Waals surface area contributed by atoms with Gasteiger partial charge in [0.25, 0.3) is 0 Å². The van der Waals surface area contributed by atoms with Gasteiger partial charge in [-0.3, -0.25) is 0 Å². The summed E-state index contributed by atoms with van der Waals surface area (Å²) in [6.45, 7) is 4.28. The predicted octanol–water partition coefficient (Wildman–Crippen LogP) is 0.886. The second-order valence-electron chi connectivity index (χ2n) is 2.88. The monoisotopic (exact) mass is 131 g/mol. The van der Waals surface area contributed by atoms with Crippen LogP contribution in [-0.4, -0.2) is 17.3 Å². The molecule has 56 valence electrons. The first kappa shape index (κ1) is 8.92. The average Bonchev–Trinajstić information content (AvgIpc) is 1.64. The Bertz CT molecular complexity index is 63.3. The summed E-state index contributed by atoms with van der Waals surface area (Å²) < 4.78 is 0. The second-order valence-corrected chi connectivity index (χ2v) is 2.88. The molecule has 0 aliphatic heterocycles. The third kappa shape index (κ3) is 4.43. The van der Waals surface area contributed by atoms with Crippen LogP contribution in [0.2, 0.25) is 0 Å². The summed E-state index contributed by atoms with van der Waals surface area (Å²) in [4.78, 5) is 0. The van der Waals surface area contributed by atoms with Crippen molar-refractivity contribution in [2.75, 3.05) is 6.61 Å². The van der Waals surface area contributed by atoms with Crippen molar-refractivity contribution >= 4 is 0 Å². The maximum absolute atomic E-state index is 8.55. The van der Waals surface area contributed by atoms with E-state index in [1.54, 1.807) is 0 Å². The molecule has 0 amide bonds. The summed E-state index contributed by atoms with van der Waals surface area (Å²) >= 11 is 0. The molecule has 2 nitrogen and oxygen atoms in total. The molecule has 1 atom stereocenters. The summed E-state index contributed by atoms with van der Waals surface area (Å²) in [6.07, 6.45) is 2.79. The molecule has 0 aromatic carbocycles. The minimum absolute atomic E-state index is 0.149. The van der Waals surface area contributed by atoms with Gasteiger partial charge in [-0.1, -0.05) is 13.3 Å². The highest BCUT2D eigenvalue weighted by atomic mass is 16.3. The summed E-state index contributed by atoms with van der Waals surface area (Å²) in [7, 11) is 0. The van der Waals surface area contributed by atoms with E-state index in [0.717, 1.165) is 12.8 Å². The zero-order valence-electron chi connectivity index (χ0n) is 6.35. The number of rotatable bonds is 4. The van der Waals surface area contributed by atoms with Crippen LogP contribution in [0, 0.1) is 0 Å². The van der Waals surface area contributed by atoms with Gasteiger partial charge in [0, 0.05) is 12.1 Å². The van der Waals surface area contributed by atoms with Crippen molar-refractivity contribution in [1.29, 1.82) is 0 Å². The van der Waals surface area contributed by atoms with Crippen LogP contribution in [0.4, 0.5) is 0 Å². The van der Waals surface area contributed by atoms with E-state index >= 15 is 0 Å². The number of hydrogen-bond donors (Lipinski definition) is 2. The van der Waals surface area contributed by atoms with Gasteiger partial charge in [-0.15, -0.1) is 0 Å². The van der Waals surface area contributed by atoms with Crippen molar-refractivity contribution in [3.05, 3.63) is 0 Å². The van der Waals surface area contributed by atoms with Crippen molar-refractivity contribution in [3.63, 3.8) is 0 Å². The topological polar surface area (TPSA) is 46.2 Å². The molecule has 0 fully saturated rings. The zero-order chi connectivity index (χ0) is 7.33. The number of hydrogen-bond acceptors (Lipinski definition) is 2. The molecule has 0 saturated heterocycles. The summed E-state index contributed by atoms with van der Waals surface area (Å²) in [6, 6.07) is 0. The van der Waals surface area contributed by atoms with Gasteiger partial charge in [-0.05, 0) is 19.8 Å². The lowest BCUT2D eigenvalue weighted by molar-refractivity contribution is 0.239. The molecule has 0 radical (unpaired) electrons. The average molecular weight is 131 g/mol. The van der Waals surface area contributed by atoms with Gasteiger partial charge in [0.2, 0.25) is 0 Å². The van der Waals surface area contributed by atoms with Gasteiger partial charge in [0.05, 0.1) is 0 Å². The molecule has 0 spiro atoms. The first-order chi connectivity index (χ1) is 4.12. The molecule has 0 rings (SSSR count). The Kier molecular flexibility index (Phi) is 3.82. The third-order valence-corrected chi connectivity index (χ3v) is 1.50. The summed E-state index contributed by atoms with van der Waals surface area (Å²) in [5.41, 5.74) is 5.63. The van der Waals surface area contributed by atoms with Crippen molar-refractivity contribution in [3.8, 4) is 0 Å². The van der Waals surface area contributed by atoms with E-state index in [1.807, 2.05) is 6.92 Å². The Labute approximate surface area is 57.1 Å². The Balaban J connectivity index is 3.43. The lowest BCUT2D eigenvalue weighted by Crippen LogP contribution is -2.36. The van der Waals surface area contributed by atoms with E-state index in [4.69, 9.17) is 10.8 Å². The molecule has 0 saturated carbocycles. The standard InChI is InChI=1S/C7H17NO/c1-3-4-7(2,8)5-6-9/h9H,3-6,8H2,1-2H3. The second kappa shape index (κ2) is 3.85. The molecular formula is C7H17NO. The fraction of sp³-hybridized carbons (Fsp3) is 1.00. The lowest BCUT2D eigenvalue weighted by atomic mass is 9.94. The number of nitrogens with two attached hydrogens (primary N) is 1. The van der Waals surface area contributed by atoms with Crippen molar-refractivity contribution in [2.24, 2.45) is 5.73 Å². The zero-order valence-corrected chi connectivity index (χ0v) is 6.35. The van der Waals surface area contributed by atoms with Crippen molar-refractivity contribution in [2.45, 2.75) is 38.6 Å². The van der Waals surface area contributed by atoms with Gasteiger partial charge >= 0.3 is 0 Å². The van der Waals surface area contributed by atoms with Crippen LogP contribution in [0.1, 0.15) is 33.1 Å². The van der Waals surface area contributed by atoms with Crippen molar-refractivity contribution < 1.29 is 5.11 Å². The van der Waals surface area contributed by atoms with Crippen LogP contribution >= 0.6 is 0 Å². The minimum atomic E-state index is -0.149. The van der Waals surface area contributed by atoms with Crippen LogP contribution in [0.15, 0.2) is 0 Å². The first-order valence-corrected chi connectivity index (χ1v) is 3.52. The molecular weight excluding hydrogens is 114 g/mol. The fourth-order valence-corrected chi connectivity index (χ4v) is 0.952. The third-order valence-electron chi connectivity index (χ3n) is 1.50. The Morgan fingerprint density at radius 3 is 2.33 bits per heavy atom. The molecule has 0 aliphatic carbocycles. The Morgan fingerprint density at radius 1 is 1.44 bits per heavy atom. The minimum Gasteiger partial charge on any atom is -0.396 e. The molecule has 0 aromatic rings. The van der Waals surface area contributed by atoms with Crippen LogP contribution in [0.25, 0.3) is 0 Å². The molecule has 2 heteroatoms. The number of aliphatic hydroxyl groups excluding tert-OH is 1. The highest BCUT2D eigenvalue weighted by molar-refractivity contribution is 4.76. The Hall–Kier alpha value is -0.0800. The molecule has 1 unspecified atom stereocenters. The van der Waals surface area contributed by atoms with Crippen molar-refractivity contribution in [1.82, 2.24) is 0 Å². The predicted molar refractivity (Wildman–Crippen MR) is 39.2 cm³/mol. The summed E-state index contributed by atoms with van der Waals surface area (Å²) in [5.74, 6) is 0. The normalized spacial score (nSPS) is 17.3. The highest BCUT2D eigenvalue weighted by Crippen LogP contribution is 2.11. The van der Waals surface area contributed by atoms with Crippen LogP contribution in [-0.2, 0) is 0 Å². The quantitative estimate of drug-likeness (QED) is 0.595. The first-order valence-electron chi connectivity index (χ1n) is 3.52. The number of aliphatic hydroxyl groups is 1. The maximum atomic E-state index is 8.55. The van der Waals surface area contributed by atoms with E-state index in [9.17, 15) is 0 Å². The molecule has 9 heavy (non-hydrogen) atoms. The van der Waals surface area contributed by atoms with Gasteiger partial charge in [-0.25, -0.2) is 0 Å². The maximum Gasteiger partial charge on any atom is 0.0448 e. The van der Waals surface area contributed by atoms with Gasteiger partial charge in [0.1, 0.15) is 0 Å². The molecule has 3 N–H and O–H groups in total. The van der Waals surface area contributed by atoms with E-state index in [1.165, 1.54) is 0 Å². The molecule has 0 bridgehead atoms. The molecule has 0 aliphatic rings. The molecule has 0 aromatic heterocycles. The largest absolute Gasteiger partial charge is 0.396 e. The smallest absolute Gasteiger partial charge is 0.0448 e. The highest BCUT2D eigenvalue weighted by Gasteiger charge is 2.14. The fourth-order valence-electron chi connectivity index (χ4n) is 0.952. The van der Waals surface area contributed by atoms with E-state index in [2.05, 4.69) is 6.92 Å². The SMILES string of the molecule is CCCC(C)(N)CCO. The van der Waals surface area contributed by atoms with Gasteiger partial charge in [0.15, 0.2) is 0 Å².